The van der Waals surface area contributed by atoms with Crippen LogP contribution in [0.5, 0.6) is 5.75 Å². The summed E-state index contributed by atoms with van der Waals surface area (Å²) in [7, 11) is 0. The third-order valence-corrected chi connectivity index (χ3v) is 6.04. The Kier molecular flexibility index (Phi) is 9.70. The van der Waals surface area contributed by atoms with Crippen LogP contribution in [-0.4, -0.2) is 121 Å². The number of rotatable bonds is 9. The highest BCUT2D eigenvalue weighted by molar-refractivity contribution is 5.73. The lowest BCUT2D eigenvalue weighted by Crippen LogP contribution is -2.67. The molecule has 1 amide bonds. The van der Waals surface area contributed by atoms with Crippen molar-refractivity contribution >= 4 is 11.6 Å². The number of hydrogen-bond acceptors (Lipinski definition) is 14. The number of aliphatic hydroxyl groups is 6. The number of carbonyl (C=O) groups excluding carboxylic acids is 1. The summed E-state index contributed by atoms with van der Waals surface area (Å²) in [5.74, 6) is -0.936. The molecule has 208 valence electrons. The molecule has 2 heterocycles. The van der Waals surface area contributed by atoms with Crippen LogP contribution < -0.4 is 5.32 Å². The van der Waals surface area contributed by atoms with Crippen molar-refractivity contribution in [2.24, 2.45) is 0 Å². The third-order valence-electron chi connectivity index (χ3n) is 6.04. The Bertz CT molecular complexity index is 948. The van der Waals surface area contributed by atoms with Crippen molar-refractivity contribution in [3.05, 3.63) is 33.9 Å². The van der Waals surface area contributed by atoms with Crippen LogP contribution in [0.4, 0.5) is 5.69 Å². The quantitative estimate of drug-likeness (QED) is 0.114. The molecule has 16 nitrogen and oxygen atoms in total. The first kappa shape index (κ1) is 29.1. The van der Waals surface area contributed by atoms with Gasteiger partial charge in [-0.1, -0.05) is 0 Å². The molecule has 0 aromatic heterocycles. The number of nitrogens with zero attached hydrogens (tertiary/aromatic N) is 1. The van der Waals surface area contributed by atoms with Gasteiger partial charge in [0, 0.05) is 24.6 Å². The lowest BCUT2D eigenvalue weighted by molar-refractivity contribution is -0.385. The lowest BCUT2D eigenvalue weighted by Gasteiger charge is -2.47. The monoisotopic (exact) mass is 534 g/mol. The second-order valence-electron chi connectivity index (χ2n) is 8.62. The molecule has 3 rings (SSSR count). The van der Waals surface area contributed by atoms with E-state index < -0.39 is 92.0 Å². The normalized spacial score (nSPS) is 36.2. The van der Waals surface area contributed by atoms with Gasteiger partial charge in [-0.2, -0.15) is 0 Å². The van der Waals surface area contributed by atoms with Crippen molar-refractivity contribution in [2.75, 3.05) is 13.2 Å². The van der Waals surface area contributed by atoms with E-state index in [2.05, 4.69) is 5.32 Å². The number of phenolic OH excluding ortho intramolecular Hbond substituents is 1. The predicted molar refractivity (Wildman–Crippen MR) is 118 cm³/mol. The molecule has 2 aliphatic rings. The smallest absolute Gasteiger partial charge is 0.270 e. The number of hydrogen-bond donors (Lipinski definition) is 8. The summed E-state index contributed by atoms with van der Waals surface area (Å²) in [4.78, 5) is 22.2. The molecule has 16 heteroatoms. The molecule has 2 aliphatic heterocycles. The van der Waals surface area contributed by atoms with E-state index in [1.165, 1.54) is 0 Å². The van der Waals surface area contributed by atoms with Crippen LogP contribution in [0.3, 0.4) is 0 Å². The van der Waals surface area contributed by atoms with Crippen LogP contribution in [0.2, 0.25) is 0 Å². The SMILES string of the molecule is CC(=O)N[C@H]1[C@H](OCc2cc([N+](=O)[O-])ccc2O)O[C@H](CO)[C@@H](O[C@@H]2O[C@H](CO)[C@H](O)[C@H](O)[C@H]2O)[C@@H]1O. The van der Waals surface area contributed by atoms with Crippen molar-refractivity contribution in [3.63, 3.8) is 0 Å². The minimum Gasteiger partial charge on any atom is -0.508 e. The Morgan fingerprint density at radius 2 is 1.68 bits per heavy atom. The van der Waals surface area contributed by atoms with E-state index in [-0.39, 0.29) is 17.0 Å². The van der Waals surface area contributed by atoms with E-state index in [9.17, 15) is 50.7 Å². The molecule has 2 fully saturated rings. The second kappa shape index (κ2) is 12.4. The molecule has 10 atom stereocenters. The zero-order chi connectivity index (χ0) is 27.4. The van der Waals surface area contributed by atoms with Crippen molar-refractivity contribution in [2.45, 2.75) is 74.9 Å². The summed E-state index contributed by atoms with van der Waals surface area (Å²) in [6, 6.07) is 1.91. The lowest BCUT2D eigenvalue weighted by atomic mass is 9.95. The summed E-state index contributed by atoms with van der Waals surface area (Å²) < 4.78 is 22.1. The summed E-state index contributed by atoms with van der Waals surface area (Å²) in [6.45, 7) is -0.792. The molecule has 0 saturated carbocycles. The zero-order valence-electron chi connectivity index (χ0n) is 19.6. The topological polar surface area (TPSA) is 251 Å². The molecule has 1 aromatic carbocycles. The molecule has 8 N–H and O–H groups in total. The standard InChI is InChI=1S/C21H30N2O14/c1-8(26)22-14-16(29)19(37-21-18(31)17(30)15(28)12(5-24)35-21)13(6-25)36-20(14)34-7-9-4-10(23(32)33)2-3-11(9)27/h2-4,12-21,24-25,27-31H,5-7H2,1H3,(H,22,26)/t12-,13-,14-,15+,16-,17+,18-,19-,20-,21+/m1/s1. The van der Waals surface area contributed by atoms with Gasteiger partial charge in [-0.05, 0) is 6.07 Å². The number of amides is 1. The van der Waals surface area contributed by atoms with Crippen molar-refractivity contribution < 1.29 is 64.4 Å². The van der Waals surface area contributed by atoms with Gasteiger partial charge in [0.2, 0.25) is 5.91 Å². The molecule has 0 aliphatic carbocycles. The molecule has 0 bridgehead atoms. The van der Waals surface area contributed by atoms with Crippen molar-refractivity contribution in [1.82, 2.24) is 5.32 Å². The fourth-order valence-corrected chi connectivity index (χ4v) is 4.07. The first-order chi connectivity index (χ1) is 17.5. The maximum atomic E-state index is 11.8. The number of aromatic hydroxyl groups is 1. The largest absolute Gasteiger partial charge is 0.508 e. The fourth-order valence-electron chi connectivity index (χ4n) is 4.07. The van der Waals surface area contributed by atoms with Gasteiger partial charge in [-0.25, -0.2) is 0 Å². The minimum atomic E-state index is -1.81. The number of carbonyl (C=O) groups is 1. The van der Waals surface area contributed by atoms with Gasteiger partial charge in [0.25, 0.3) is 5.69 Å². The van der Waals surface area contributed by atoms with Gasteiger partial charge < -0.3 is 60.0 Å². The molecule has 0 unspecified atom stereocenters. The van der Waals surface area contributed by atoms with Gasteiger partial charge in [-0.3, -0.25) is 14.9 Å². The zero-order valence-corrected chi connectivity index (χ0v) is 19.6. The average molecular weight is 534 g/mol. The van der Waals surface area contributed by atoms with Crippen LogP contribution in [0.15, 0.2) is 18.2 Å². The van der Waals surface area contributed by atoms with E-state index in [1.54, 1.807) is 0 Å². The maximum Gasteiger partial charge on any atom is 0.270 e. The molecular weight excluding hydrogens is 504 g/mol. The molecule has 1 aromatic rings. The first-order valence-electron chi connectivity index (χ1n) is 11.2. The minimum absolute atomic E-state index is 0.00843. The molecule has 0 spiro atoms. The Morgan fingerprint density at radius 3 is 2.27 bits per heavy atom. The number of ether oxygens (including phenoxy) is 4. The number of aliphatic hydroxyl groups excluding tert-OH is 6. The van der Waals surface area contributed by atoms with E-state index in [0.717, 1.165) is 25.1 Å². The van der Waals surface area contributed by atoms with E-state index in [0.29, 0.717) is 0 Å². The Hall–Kier alpha value is -2.51. The van der Waals surface area contributed by atoms with Gasteiger partial charge in [-0.15, -0.1) is 0 Å². The van der Waals surface area contributed by atoms with Crippen LogP contribution >= 0.6 is 0 Å². The third kappa shape index (κ3) is 6.50. The van der Waals surface area contributed by atoms with Crippen molar-refractivity contribution in [3.8, 4) is 5.75 Å². The van der Waals surface area contributed by atoms with Gasteiger partial charge in [0.05, 0.1) is 24.7 Å². The first-order valence-corrected chi connectivity index (χ1v) is 11.2. The molecule has 2 saturated heterocycles. The summed E-state index contributed by atoms with van der Waals surface area (Å²) >= 11 is 0. The van der Waals surface area contributed by atoms with Crippen LogP contribution in [-0.2, 0) is 30.3 Å². The van der Waals surface area contributed by atoms with Gasteiger partial charge >= 0.3 is 0 Å². The summed E-state index contributed by atoms with van der Waals surface area (Å²) in [5, 5.41) is 84.0. The summed E-state index contributed by atoms with van der Waals surface area (Å²) in [5.41, 5.74) is -0.310. The highest BCUT2D eigenvalue weighted by Gasteiger charge is 2.51. The van der Waals surface area contributed by atoms with E-state index in [1.807, 2.05) is 0 Å². The van der Waals surface area contributed by atoms with E-state index >= 15 is 0 Å². The number of benzene rings is 1. The molecule has 37 heavy (non-hydrogen) atoms. The number of phenols is 1. The second-order valence-corrected chi connectivity index (χ2v) is 8.62. The highest BCUT2D eigenvalue weighted by atomic mass is 16.7. The van der Waals surface area contributed by atoms with Crippen molar-refractivity contribution in [1.29, 1.82) is 0 Å². The number of nitro benzene ring substituents is 1. The average Bonchev–Trinajstić information content (AvgIpc) is 2.86. The Morgan fingerprint density at radius 1 is 1.03 bits per heavy atom. The highest BCUT2D eigenvalue weighted by Crippen LogP contribution is 2.31. The number of non-ortho nitro benzene ring substituents is 1. The maximum absolute atomic E-state index is 11.8. The fraction of sp³-hybridized carbons (Fsp3) is 0.667. The van der Waals surface area contributed by atoms with Gasteiger partial charge in [0.1, 0.15) is 54.5 Å². The Balaban J connectivity index is 1.80. The predicted octanol–water partition coefficient (Wildman–Crippen LogP) is -3.42. The molecular formula is C21H30N2O14. The van der Waals surface area contributed by atoms with Crippen LogP contribution in [0.25, 0.3) is 0 Å². The van der Waals surface area contributed by atoms with Crippen LogP contribution in [0, 0.1) is 10.1 Å². The number of nitro groups is 1. The summed E-state index contributed by atoms with van der Waals surface area (Å²) in [6.07, 6.45) is -14.1. The van der Waals surface area contributed by atoms with Crippen LogP contribution in [0.1, 0.15) is 12.5 Å². The number of nitrogens with one attached hydrogen (secondary N) is 1. The van der Waals surface area contributed by atoms with E-state index in [4.69, 9.17) is 18.9 Å². The molecule has 0 radical (unpaired) electrons. The Labute approximate surface area is 209 Å². The van der Waals surface area contributed by atoms with Gasteiger partial charge in [0.15, 0.2) is 12.6 Å².